The highest BCUT2D eigenvalue weighted by Gasteiger charge is 2.20. The molecule has 6 nitrogen and oxygen atoms in total. The SMILES string of the molecule is CN1CCN(c2cccc(C(O)c3ncc4c(n3)CNC4)c2)CC1. The molecule has 1 aromatic heterocycles. The van der Waals surface area contributed by atoms with Gasteiger partial charge in [-0.15, -0.1) is 0 Å². The molecule has 0 bridgehead atoms. The highest BCUT2D eigenvalue weighted by molar-refractivity contribution is 5.50. The van der Waals surface area contributed by atoms with Gasteiger partial charge in [0.05, 0.1) is 5.69 Å². The van der Waals surface area contributed by atoms with Crippen molar-refractivity contribution < 1.29 is 5.11 Å². The highest BCUT2D eigenvalue weighted by atomic mass is 16.3. The molecule has 6 heteroatoms. The smallest absolute Gasteiger partial charge is 0.161 e. The van der Waals surface area contributed by atoms with Gasteiger partial charge in [-0.1, -0.05) is 12.1 Å². The third-order valence-electron chi connectivity index (χ3n) is 4.88. The lowest BCUT2D eigenvalue weighted by Crippen LogP contribution is -2.44. The van der Waals surface area contributed by atoms with Crippen LogP contribution in [0, 0.1) is 0 Å². The first-order valence-corrected chi connectivity index (χ1v) is 8.47. The number of hydrogen-bond acceptors (Lipinski definition) is 6. The summed E-state index contributed by atoms with van der Waals surface area (Å²) >= 11 is 0. The van der Waals surface area contributed by atoms with Crippen LogP contribution in [0.3, 0.4) is 0 Å². The van der Waals surface area contributed by atoms with E-state index in [1.807, 2.05) is 18.3 Å². The summed E-state index contributed by atoms with van der Waals surface area (Å²) in [5.41, 5.74) is 4.12. The van der Waals surface area contributed by atoms with E-state index in [1.165, 1.54) is 0 Å². The molecule has 0 radical (unpaired) electrons. The number of aliphatic hydroxyl groups excluding tert-OH is 1. The second-order valence-electron chi connectivity index (χ2n) is 6.59. The minimum Gasteiger partial charge on any atom is -0.380 e. The van der Waals surface area contributed by atoms with Crippen LogP contribution in [0.25, 0.3) is 0 Å². The number of aromatic nitrogens is 2. The Hall–Kier alpha value is -2.02. The van der Waals surface area contributed by atoms with Crippen LogP contribution < -0.4 is 10.2 Å². The van der Waals surface area contributed by atoms with Crippen molar-refractivity contribution in [3.63, 3.8) is 0 Å². The summed E-state index contributed by atoms with van der Waals surface area (Å²) in [7, 11) is 2.15. The van der Waals surface area contributed by atoms with E-state index in [0.717, 1.165) is 61.8 Å². The predicted octanol–water partition coefficient (Wildman–Crippen LogP) is 0.913. The van der Waals surface area contributed by atoms with Gasteiger partial charge in [0.1, 0.15) is 6.10 Å². The quantitative estimate of drug-likeness (QED) is 0.875. The van der Waals surface area contributed by atoms with E-state index in [-0.39, 0.29) is 0 Å². The Morgan fingerprint density at radius 1 is 1.17 bits per heavy atom. The van der Waals surface area contributed by atoms with E-state index >= 15 is 0 Å². The molecule has 4 rings (SSSR count). The molecule has 0 saturated carbocycles. The fourth-order valence-electron chi connectivity index (χ4n) is 3.31. The average Bonchev–Trinajstić information content (AvgIpc) is 3.09. The van der Waals surface area contributed by atoms with Crippen LogP contribution in [-0.2, 0) is 13.1 Å². The fourth-order valence-corrected chi connectivity index (χ4v) is 3.31. The maximum Gasteiger partial charge on any atom is 0.161 e. The van der Waals surface area contributed by atoms with Crippen LogP contribution in [0.15, 0.2) is 30.5 Å². The molecule has 1 atom stereocenters. The van der Waals surface area contributed by atoms with Crippen molar-refractivity contribution in [2.75, 3.05) is 38.1 Å². The Bertz CT molecular complexity index is 727. The third kappa shape index (κ3) is 3.00. The van der Waals surface area contributed by atoms with Crippen molar-refractivity contribution in [1.29, 1.82) is 0 Å². The summed E-state index contributed by atoms with van der Waals surface area (Å²) in [6.45, 7) is 5.71. The molecule has 24 heavy (non-hydrogen) atoms. The first-order valence-electron chi connectivity index (χ1n) is 8.47. The van der Waals surface area contributed by atoms with Crippen LogP contribution in [0.5, 0.6) is 0 Å². The molecular formula is C18H23N5O. The third-order valence-corrected chi connectivity index (χ3v) is 4.88. The van der Waals surface area contributed by atoms with E-state index < -0.39 is 6.10 Å². The van der Waals surface area contributed by atoms with Gasteiger partial charge < -0.3 is 20.2 Å². The van der Waals surface area contributed by atoms with E-state index in [4.69, 9.17) is 0 Å². The molecule has 2 aliphatic heterocycles. The maximum atomic E-state index is 10.7. The number of nitrogens with zero attached hydrogens (tertiary/aromatic N) is 4. The minimum atomic E-state index is -0.789. The molecule has 1 unspecified atom stereocenters. The lowest BCUT2D eigenvalue weighted by Gasteiger charge is -2.34. The van der Waals surface area contributed by atoms with E-state index in [1.54, 1.807) is 0 Å². The van der Waals surface area contributed by atoms with Crippen molar-refractivity contribution in [2.24, 2.45) is 0 Å². The number of benzene rings is 1. The van der Waals surface area contributed by atoms with Crippen LogP contribution in [0.4, 0.5) is 5.69 Å². The number of likely N-dealkylation sites (N-methyl/N-ethyl adjacent to an activating group) is 1. The summed E-state index contributed by atoms with van der Waals surface area (Å²) in [5, 5.41) is 14.0. The van der Waals surface area contributed by atoms with Gasteiger partial charge in [-0.3, -0.25) is 0 Å². The van der Waals surface area contributed by atoms with Crippen molar-refractivity contribution in [2.45, 2.75) is 19.2 Å². The van der Waals surface area contributed by atoms with Crippen molar-refractivity contribution in [1.82, 2.24) is 20.2 Å². The van der Waals surface area contributed by atoms with Crippen molar-refractivity contribution in [3.05, 3.63) is 53.1 Å². The summed E-state index contributed by atoms with van der Waals surface area (Å²) in [4.78, 5) is 13.6. The fraction of sp³-hybridized carbons (Fsp3) is 0.444. The summed E-state index contributed by atoms with van der Waals surface area (Å²) in [5.74, 6) is 0.480. The first kappa shape index (κ1) is 15.5. The van der Waals surface area contributed by atoms with Gasteiger partial charge in [-0.2, -0.15) is 0 Å². The summed E-state index contributed by atoms with van der Waals surface area (Å²) in [6, 6.07) is 8.11. The van der Waals surface area contributed by atoms with Gasteiger partial charge in [-0.05, 0) is 24.7 Å². The topological polar surface area (TPSA) is 64.5 Å². The zero-order chi connectivity index (χ0) is 16.5. The lowest BCUT2D eigenvalue weighted by atomic mass is 10.1. The molecule has 3 heterocycles. The molecule has 2 aliphatic rings. The molecule has 0 amide bonds. The second kappa shape index (κ2) is 6.47. The molecule has 0 spiro atoms. The lowest BCUT2D eigenvalue weighted by molar-refractivity contribution is 0.209. The van der Waals surface area contributed by atoms with Crippen LogP contribution in [-0.4, -0.2) is 53.2 Å². The Kier molecular flexibility index (Phi) is 4.18. The molecular weight excluding hydrogens is 302 g/mol. The largest absolute Gasteiger partial charge is 0.380 e. The van der Waals surface area contributed by atoms with E-state index in [9.17, 15) is 5.11 Å². The van der Waals surface area contributed by atoms with Crippen molar-refractivity contribution >= 4 is 5.69 Å². The number of aliphatic hydroxyl groups is 1. The number of anilines is 1. The van der Waals surface area contributed by atoms with Crippen LogP contribution >= 0.6 is 0 Å². The van der Waals surface area contributed by atoms with Crippen molar-refractivity contribution in [3.8, 4) is 0 Å². The molecule has 126 valence electrons. The predicted molar refractivity (Wildman–Crippen MR) is 92.8 cm³/mol. The monoisotopic (exact) mass is 325 g/mol. The molecule has 1 fully saturated rings. The summed E-state index contributed by atoms with van der Waals surface area (Å²) < 4.78 is 0. The van der Waals surface area contributed by atoms with Gasteiger partial charge in [0, 0.05) is 56.7 Å². The molecule has 1 aromatic carbocycles. The highest BCUT2D eigenvalue weighted by Crippen LogP contribution is 2.25. The number of hydrogen-bond donors (Lipinski definition) is 2. The Labute approximate surface area is 142 Å². The van der Waals surface area contributed by atoms with E-state index in [0.29, 0.717) is 5.82 Å². The maximum absolute atomic E-state index is 10.7. The molecule has 1 saturated heterocycles. The minimum absolute atomic E-state index is 0.480. The van der Waals surface area contributed by atoms with Gasteiger partial charge in [0.25, 0.3) is 0 Å². The standard InChI is InChI=1S/C18H23N5O/c1-22-5-7-23(8-6-22)15-4-2-3-13(9-15)17(24)18-20-11-14-10-19-12-16(14)21-18/h2-4,9,11,17,19,24H,5-8,10,12H2,1H3. The molecule has 0 aliphatic carbocycles. The second-order valence-corrected chi connectivity index (χ2v) is 6.59. The van der Waals surface area contributed by atoms with Crippen LogP contribution in [0.2, 0.25) is 0 Å². The van der Waals surface area contributed by atoms with Gasteiger partial charge in [0.2, 0.25) is 0 Å². The van der Waals surface area contributed by atoms with E-state index in [2.05, 4.69) is 44.3 Å². The zero-order valence-corrected chi connectivity index (χ0v) is 13.9. The van der Waals surface area contributed by atoms with Gasteiger partial charge in [-0.25, -0.2) is 9.97 Å². The first-order chi connectivity index (χ1) is 11.7. The number of rotatable bonds is 3. The summed E-state index contributed by atoms with van der Waals surface area (Å²) in [6.07, 6.45) is 1.04. The average molecular weight is 325 g/mol. The number of nitrogens with one attached hydrogen (secondary N) is 1. The Morgan fingerprint density at radius 2 is 2.00 bits per heavy atom. The molecule has 2 N–H and O–H groups in total. The molecule has 2 aromatic rings. The van der Waals surface area contributed by atoms with Gasteiger partial charge in [0.15, 0.2) is 5.82 Å². The van der Waals surface area contributed by atoms with Gasteiger partial charge >= 0.3 is 0 Å². The zero-order valence-electron chi connectivity index (χ0n) is 13.9. The number of piperazine rings is 1. The Morgan fingerprint density at radius 3 is 2.83 bits per heavy atom. The normalized spacial score (nSPS) is 19.3. The Balaban J connectivity index is 1.56. The number of fused-ring (bicyclic) bond motifs is 1. The van der Waals surface area contributed by atoms with Crippen LogP contribution in [0.1, 0.15) is 28.7 Å².